The fourth-order valence-electron chi connectivity index (χ4n) is 2.78. The monoisotopic (exact) mass is 623 g/mol. The van der Waals surface area contributed by atoms with Gasteiger partial charge < -0.3 is 9.47 Å². The summed E-state index contributed by atoms with van der Waals surface area (Å²) in [6, 6.07) is 13.7. The molecular weight excluding hydrogens is 610 g/mol. The summed E-state index contributed by atoms with van der Waals surface area (Å²) in [6.07, 6.45) is 0. The predicted molar refractivity (Wildman–Crippen MR) is 130 cm³/mol. The lowest BCUT2D eigenvalue weighted by molar-refractivity contribution is 0.404. The van der Waals surface area contributed by atoms with E-state index in [2.05, 4.69) is 31.9 Å². The van der Waals surface area contributed by atoms with Crippen LogP contribution in [0.3, 0.4) is 0 Å². The molecule has 12 heteroatoms. The molecule has 0 aliphatic heterocycles. The number of hydrogen-bond acceptors (Lipinski definition) is 6. The Balaban J connectivity index is 2.37. The van der Waals surface area contributed by atoms with E-state index in [0.717, 1.165) is 0 Å². The van der Waals surface area contributed by atoms with E-state index < -0.39 is 20.0 Å². The molecule has 0 fully saturated rings. The van der Waals surface area contributed by atoms with Crippen molar-refractivity contribution >= 4 is 69.2 Å². The number of sulfonamides is 2. The minimum absolute atomic E-state index is 0.0721. The maximum absolute atomic E-state index is 13.7. The lowest BCUT2D eigenvalue weighted by atomic mass is 10.3. The Kier molecular flexibility index (Phi) is 7.45. The zero-order valence-electron chi connectivity index (χ0n) is 16.6. The van der Waals surface area contributed by atoms with Gasteiger partial charge in [-0.3, -0.25) is 0 Å². The van der Waals surface area contributed by atoms with Gasteiger partial charge in [0.1, 0.15) is 17.2 Å². The first-order valence-corrected chi connectivity index (χ1v) is 13.6. The topological polar surface area (TPSA) is 90.0 Å². The summed E-state index contributed by atoms with van der Waals surface area (Å²) in [5.41, 5.74) is -0.278. The molecule has 0 spiro atoms. The standard InChI is InChI=1S/C20H16Br2ClNO6S2/c1-29-19-12-18(20(30-2)11-17(19)23)24(31(25,26)15-7-3-13(21)4-8-15)32(27,28)16-9-5-14(22)6-10-16/h3-12H,1-2H3. The van der Waals surface area contributed by atoms with Crippen molar-refractivity contribution < 1.29 is 26.3 Å². The number of nitrogens with zero attached hydrogens (tertiary/aromatic N) is 1. The van der Waals surface area contributed by atoms with Crippen molar-refractivity contribution in [2.45, 2.75) is 9.79 Å². The van der Waals surface area contributed by atoms with Crippen molar-refractivity contribution in [2.75, 3.05) is 17.9 Å². The molecule has 0 heterocycles. The molecule has 0 unspecified atom stereocenters. The third kappa shape index (κ3) is 4.76. The van der Waals surface area contributed by atoms with Gasteiger partial charge in [0.15, 0.2) is 0 Å². The van der Waals surface area contributed by atoms with Crippen LogP contribution in [-0.2, 0) is 20.0 Å². The number of methoxy groups -OCH3 is 2. The van der Waals surface area contributed by atoms with E-state index in [-0.39, 0.29) is 32.0 Å². The lowest BCUT2D eigenvalue weighted by Crippen LogP contribution is -2.37. The summed E-state index contributed by atoms with van der Waals surface area (Å²) < 4.78 is 66.8. The van der Waals surface area contributed by atoms with E-state index >= 15 is 0 Å². The molecule has 0 amide bonds. The van der Waals surface area contributed by atoms with Gasteiger partial charge in [-0.05, 0) is 48.5 Å². The van der Waals surface area contributed by atoms with E-state index in [1.165, 1.54) is 74.9 Å². The first-order valence-electron chi connectivity index (χ1n) is 8.75. The van der Waals surface area contributed by atoms with Crippen molar-refractivity contribution in [3.05, 3.63) is 74.6 Å². The summed E-state index contributed by atoms with van der Waals surface area (Å²) >= 11 is 12.6. The molecule has 0 saturated heterocycles. The van der Waals surface area contributed by atoms with Gasteiger partial charge in [0.05, 0.1) is 29.0 Å². The minimum Gasteiger partial charge on any atom is -0.495 e. The van der Waals surface area contributed by atoms with Gasteiger partial charge in [-0.25, -0.2) is 16.8 Å². The fraction of sp³-hybridized carbons (Fsp3) is 0.100. The molecule has 0 atom stereocenters. The number of rotatable bonds is 7. The molecule has 3 aromatic carbocycles. The first kappa shape index (κ1) is 24.8. The maximum Gasteiger partial charge on any atom is 0.277 e. The summed E-state index contributed by atoms with van der Waals surface area (Å²) in [6.45, 7) is 0. The van der Waals surface area contributed by atoms with E-state index in [1.807, 2.05) is 0 Å². The van der Waals surface area contributed by atoms with E-state index in [0.29, 0.717) is 12.7 Å². The highest BCUT2D eigenvalue weighted by Crippen LogP contribution is 2.42. The number of ether oxygens (including phenoxy) is 2. The third-order valence-corrected chi connectivity index (χ3v) is 9.84. The van der Waals surface area contributed by atoms with E-state index in [4.69, 9.17) is 21.1 Å². The largest absolute Gasteiger partial charge is 0.495 e. The number of halogens is 3. The molecule has 7 nitrogen and oxygen atoms in total. The van der Waals surface area contributed by atoms with Gasteiger partial charge in [0, 0.05) is 21.1 Å². The van der Waals surface area contributed by atoms with Crippen LogP contribution in [0.2, 0.25) is 5.02 Å². The summed E-state index contributed by atoms with van der Waals surface area (Å²) in [4.78, 5) is -0.477. The van der Waals surface area contributed by atoms with Crippen molar-refractivity contribution in [1.29, 1.82) is 0 Å². The Morgan fingerprint density at radius 2 is 1.12 bits per heavy atom. The van der Waals surface area contributed by atoms with E-state index in [9.17, 15) is 16.8 Å². The molecule has 0 N–H and O–H groups in total. The Hall–Kier alpha value is -1.79. The molecule has 0 saturated carbocycles. The van der Waals surface area contributed by atoms with Crippen molar-refractivity contribution in [1.82, 2.24) is 0 Å². The molecule has 0 radical (unpaired) electrons. The zero-order valence-corrected chi connectivity index (χ0v) is 22.2. The van der Waals surface area contributed by atoms with Crippen molar-refractivity contribution in [3.63, 3.8) is 0 Å². The summed E-state index contributed by atoms with van der Waals surface area (Å²) in [7, 11) is -6.64. The molecule has 0 aromatic heterocycles. The van der Waals surface area contributed by atoms with E-state index in [1.54, 1.807) is 0 Å². The summed E-state index contributed by atoms with van der Waals surface area (Å²) in [5, 5.41) is 0.120. The third-order valence-electron chi connectivity index (χ3n) is 4.31. The van der Waals surface area contributed by atoms with Gasteiger partial charge in [-0.15, -0.1) is 0 Å². The molecule has 3 aromatic rings. The molecule has 3 rings (SSSR count). The lowest BCUT2D eigenvalue weighted by Gasteiger charge is -2.26. The Labute approximate surface area is 208 Å². The Morgan fingerprint density at radius 3 is 1.50 bits per heavy atom. The van der Waals surface area contributed by atoms with Crippen LogP contribution in [0.5, 0.6) is 11.5 Å². The predicted octanol–water partition coefficient (Wildman–Crippen LogP) is 5.47. The van der Waals surface area contributed by atoms with Gasteiger partial charge in [0.2, 0.25) is 0 Å². The number of hydrogen-bond donors (Lipinski definition) is 0. The van der Waals surface area contributed by atoms with Crippen LogP contribution in [0.15, 0.2) is 79.4 Å². The highest BCUT2D eigenvalue weighted by molar-refractivity contribution is 9.10. The van der Waals surface area contributed by atoms with Crippen molar-refractivity contribution in [3.8, 4) is 11.5 Å². The zero-order chi connectivity index (χ0) is 23.7. The van der Waals surface area contributed by atoms with Crippen LogP contribution in [0.1, 0.15) is 0 Å². The highest BCUT2D eigenvalue weighted by Gasteiger charge is 2.39. The molecule has 0 bridgehead atoms. The second-order valence-corrected chi connectivity index (χ2v) is 12.3. The fourth-order valence-corrected chi connectivity index (χ4v) is 7.24. The van der Waals surface area contributed by atoms with Gasteiger partial charge in [-0.1, -0.05) is 43.5 Å². The van der Waals surface area contributed by atoms with Crippen LogP contribution in [-0.4, -0.2) is 31.1 Å². The maximum atomic E-state index is 13.7. The van der Waals surface area contributed by atoms with Crippen molar-refractivity contribution in [2.24, 2.45) is 0 Å². The van der Waals surface area contributed by atoms with Gasteiger partial charge in [-0.2, -0.15) is 3.71 Å². The molecule has 0 aliphatic carbocycles. The Bertz CT molecular complexity index is 1270. The quantitative estimate of drug-likeness (QED) is 0.346. The molecule has 0 aliphatic rings. The molecular formula is C20H16Br2ClNO6S2. The van der Waals surface area contributed by atoms with Crippen LogP contribution in [0.25, 0.3) is 0 Å². The highest BCUT2D eigenvalue weighted by atomic mass is 79.9. The van der Waals surface area contributed by atoms with Crippen LogP contribution >= 0.6 is 43.5 Å². The average molecular weight is 626 g/mol. The molecule has 32 heavy (non-hydrogen) atoms. The SMILES string of the molecule is COc1cc(N(S(=O)(=O)c2ccc(Br)cc2)S(=O)(=O)c2ccc(Br)cc2)c(OC)cc1Cl. The number of benzene rings is 3. The summed E-state index contributed by atoms with van der Waals surface area (Å²) in [5.74, 6) is 0.00153. The number of anilines is 1. The van der Waals surface area contributed by atoms with Crippen LogP contribution in [0.4, 0.5) is 5.69 Å². The van der Waals surface area contributed by atoms with Crippen LogP contribution < -0.4 is 13.2 Å². The first-order chi connectivity index (χ1) is 15.0. The van der Waals surface area contributed by atoms with Crippen LogP contribution in [0, 0.1) is 0 Å². The van der Waals surface area contributed by atoms with Gasteiger partial charge in [0.25, 0.3) is 20.0 Å². The second-order valence-electron chi connectivity index (χ2n) is 6.27. The smallest absolute Gasteiger partial charge is 0.277 e. The Morgan fingerprint density at radius 1 is 0.719 bits per heavy atom. The minimum atomic E-state index is -4.62. The van der Waals surface area contributed by atoms with Gasteiger partial charge >= 0.3 is 0 Å². The normalized spacial score (nSPS) is 11.8. The molecule has 170 valence electrons. The second kappa shape index (κ2) is 9.60. The average Bonchev–Trinajstić information content (AvgIpc) is 2.75.